The van der Waals surface area contributed by atoms with Crippen LogP contribution in [0.1, 0.15) is 25.8 Å². The number of hydrogen-bond acceptors (Lipinski definition) is 6. The average Bonchev–Trinajstić information content (AvgIpc) is 3.11. The van der Waals surface area contributed by atoms with Crippen molar-refractivity contribution in [1.82, 2.24) is 9.88 Å². The van der Waals surface area contributed by atoms with E-state index in [0.717, 1.165) is 61.7 Å². The topological polar surface area (TPSA) is 52.9 Å². The Morgan fingerprint density at radius 1 is 1.21 bits per heavy atom. The lowest BCUT2D eigenvalue weighted by Gasteiger charge is -2.22. The van der Waals surface area contributed by atoms with Crippen molar-refractivity contribution in [3.8, 4) is 0 Å². The molecule has 0 bridgehead atoms. The van der Waals surface area contributed by atoms with Crippen molar-refractivity contribution in [2.75, 3.05) is 18.9 Å². The van der Waals surface area contributed by atoms with Crippen LogP contribution in [0.4, 0.5) is 10.8 Å². The lowest BCUT2D eigenvalue weighted by Crippen LogP contribution is -2.33. The fourth-order valence-corrected chi connectivity index (χ4v) is 4.24. The van der Waals surface area contributed by atoms with Crippen molar-refractivity contribution in [1.29, 1.82) is 0 Å². The maximum absolute atomic E-state index is 6.06. The van der Waals surface area contributed by atoms with Crippen molar-refractivity contribution in [2.24, 2.45) is 10.2 Å². The Morgan fingerprint density at radius 2 is 2.00 bits per heavy atom. The molecule has 0 spiro atoms. The standard InChI is InChI=1S/C22H22ClN5S/c1-4-17-13-28(3)21(27-26-17)11-14(2)15-5-8-18(9-6-15)24-22-25-19-10-7-16(23)12-20(19)29-22/h5-12H,4,13H2,1-3H3,(H,24,25)/b14-11+. The highest BCUT2D eigenvalue weighted by Crippen LogP contribution is 2.30. The van der Waals surface area contributed by atoms with Crippen LogP contribution in [-0.4, -0.2) is 35.0 Å². The highest BCUT2D eigenvalue weighted by atomic mass is 35.5. The number of anilines is 2. The third-order valence-corrected chi connectivity index (χ3v) is 5.97. The van der Waals surface area contributed by atoms with Gasteiger partial charge in [-0.05, 0) is 60.9 Å². The summed E-state index contributed by atoms with van der Waals surface area (Å²) in [6.45, 7) is 5.03. The van der Waals surface area contributed by atoms with Gasteiger partial charge in [0, 0.05) is 17.8 Å². The lowest BCUT2D eigenvalue weighted by molar-refractivity contribution is 0.566. The van der Waals surface area contributed by atoms with E-state index < -0.39 is 0 Å². The molecule has 0 saturated heterocycles. The number of allylic oxidation sites excluding steroid dienone is 1. The normalized spacial score (nSPS) is 14.8. The molecule has 3 aromatic rings. The van der Waals surface area contributed by atoms with Gasteiger partial charge in [0.1, 0.15) is 0 Å². The Bertz CT molecular complexity index is 1130. The molecule has 0 atom stereocenters. The number of thiazole rings is 1. The van der Waals surface area contributed by atoms with Gasteiger partial charge < -0.3 is 10.2 Å². The van der Waals surface area contributed by atoms with Crippen LogP contribution in [0, 0.1) is 0 Å². The maximum Gasteiger partial charge on any atom is 0.188 e. The van der Waals surface area contributed by atoms with Crippen LogP contribution in [0.15, 0.2) is 58.7 Å². The van der Waals surface area contributed by atoms with Gasteiger partial charge in [0.05, 0.1) is 22.5 Å². The fraction of sp³-hybridized carbons (Fsp3) is 0.227. The molecule has 0 radical (unpaired) electrons. The molecule has 4 rings (SSSR count). The van der Waals surface area contributed by atoms with E-state index in [4.69, 9.17) is 11.6 Å². The predicted molar refractivity (Wildman–Crippen MR) is 126 cm³/mol. The quantitative estimate of drug-likeness (QED) is 0.531. The van der Waals surface area contributed by atoms with Crippen LogP contribution in [0.5, 0.6) is 0 Å². The summed E-state index contributed by atoms with van der Waals surface area (Å²) >= 11 is 7.65. The molecule has 7 heteroatoms. The minimum absolute atomic E-state index is 0.726. The van der Waals surface area contributed by atoms with E-state index in [1.807, 2.05) is 25.2 Å². The zero-order valence-electron chi connectivity index (χ0n) is 16.6. The molecule has 0 fully saturated rings. The molecule has 0 unspecified atom stereocenters. The number of rotatable bonds is 5. The summed E-state index contributed by atoms with van der Waals surface area (Å²) in [6, 6.07) is 14.1. The van der Waals surface area contributed by atoms with Crippen molar-refractivity contribution in [2.45, 2.75) is 20.3 Å². The second-order valence-corrected chi connectivity index (χ2v) is 8.46. The van der Waals surface area contributed by atoms with Crippen molar-refractivity contribution >= 4 is 61.1 Å². The number of halogens is 1. The lowest BCUT2D eigenvalue weighted by atomic mass is 10.1. The number of benzene rings is 2. The predicted octanol–water partition coefficient (Wildman–Crippen LogP) is 6.21. The van der Waals surface area contributed by atoms with Crippen LogP contribution in [0.25, 0.3) is 15.8 Å². The van der Waals surface area contributed by atoms with Gasteiger partial charge >= 0.3 is 0 Å². The summed E-state index contributed by atoms with van der Waals surface area (Å²) in [6.07, 6.45) is 3.01. The summed E-state index contributed by atoms with van der Waals surface area (Å²) in [5.41, 5.74) is 5.34. The smallest absolute Gasteiger partial charge is 0.188 e. The Balaban J connectivity index is 1.49. The highest BCUT2D eigenvalue weighted by Gasteiger charge is 2.12. The highest BCUT2D eigenvalue weighted by molar-refractivity contribution is 7.22. The second kappa shape index (κ2) is 8.35. The zero-order chi connectivity index (χ0) is 20.4. The first-order chi connectivity index (χ1) is 14.0. The van der Waals surface area contributed by atoms with Crippen molar-refractivity contribution in [3.63, 3.8) is 0 Å². The largest absolute Gasteiger partial charge is 0.353 e. The molecule has 0 saturated carbocycles. The molecule has 0 aliphatic carbocycles. The van der Waals surface area contributed by atoms with E-state index in [1.165, 1.54) is 0 Å². The van der Waals surface area contributed by atoms with Gasteiger partial charge in [-0.3, -0.25) is 0 Å². The first-order valence-corrected chi connectivity index (χ1v) is 10.7. The molecule has 1 N–H and O–H groups in total. The molecule has 2 heterocycles. The SMILES string of the molecule is CCC1=NN=C(/C=C(\C)c2ccc(Nc3nc4ccc(Cl)cc4s3)cc2)N(C)C1. The molecule has 1 aromatic heterocycles. The number of amidine groups is 1. The van der Waals surface area contributed by atoms with E-state index in [2.05, 4.69) is 69.6 Å². The van der Waals surface area contributed by atoms with Crippen LogP contribution < -0.4 is 5.32 Å². The minimum atomic E-state index is 0.726. The van der Waals surface area contributed by atoms with Crippen molar-refractivity contribution in [3.05, 3.63) is 59.1 Å². The third kappa shape index (κ3) is 4.49. The Labute approximate surface area is 179 Å². The summed E-state index contributed by atoms with van der Waals surface area (Å²) in [5.74, 6) is 0.884. The van der Waals surface area contributed by atoms with Gasteiger partial charge in [-0.15, -0.1) is 5.10 Å². The van der Waals surface area contributed by atoms with Crippen molar-refractivity contribution < 1.29 is 0 Å². The molecule has 1 aliphatic heterocycles. The molecule has 1 aliphatic rings. The number of nitrogens with zero attached hydrogens (tertiary/aromatic N) is 4. The Morgan fingerprint density at radius 3 is 2.72 bits per heavy atom. The summed E-state index contributed by atoms with van der Waals surface area (Å²) in [5, 5.41) is 13.6. The van der Waals surface area contributed by atoms with E-state index in [0.29, 0.717) is 0 Å². The number of hydrogen-bond donors (Lipinski definition) is 1. The molecule has 148 valence electrons. The number of aromatic nitrogens is 1. The van der Waals surface area contributed by atoms with Crippen LogP contribution >= 0.6 is 22.9 Å². The maximum atomic E-state index is 6.06. The minimum Gasteiger partial charge on any atom is -0.353 e. The Hall–Kier alpha value is -2.70. The van der Waals surface area contributed by atoms with Gasteiger partial charge in [0.25, 0.3) is 0 Å². The number of nitrogens with one attached hydrogen (secondary N) is 1. The van der Waals surface area contributed by atoms with Crippen LogP contribution in [0.3, 0.4) is 0 Å². The number of likely N-dealkylation sites (N-methyl/N-ethyl adjacent to an activating group) is 1. The van der Waals surface area contributed by atoms with Gasteiger partial charge in [-0.25, -0.2) is 4.98 Å². The molecule has 29 heavy (non-hydrogen) atoms. The number of fused-ring (bicyclic) bond motifs is 1. The molecular formula is C22H22ClN5S. The van der Waals surface area contributed by atoms with Gasteiger partial charge in [0.2, 0.25) is 0 Å². The fourth-order valence-electron chi connectivity index (χ4n) is 3.08. The first kappa shape index (κ1) is 19.6. The van der Waals surface area contributed by atoms with E-state index in [-0.39, 0.29) is 0 Å². The van der Waals surface area contributed by atoms with E-state index >= 15 is 0 Å². The van der Waals surface area contributed by atoms with Gasteiger partial charge in [-0.2, -0.15) is 5.10 Å². The summed E-state index contributed by atoms with van der Waals surface area (Å²) < 4.78 is 1.07. The van der Waals surface area contributed by atoms with Gasteiger partial charge in [0.15, 0.2) is 11.0 Å². The third-order valence-electron chi connectivity index (χ3n) is 4.80. The van der Waals surface area contributed by atoms with Crippen LogP contribution in [0.2, 0.25) is 5.02 Å². The van der Waals surface area contributed by atoms with Crippen LogP contribution in [-0.2, 0) is 0 Å². The van der Waals surface area contributed by atoms with E-state index in [1.54, 1.807) is 11.3 Å². The molecular weight excluding hydrogens is 402 g/mol. The van der Waals surface area contributed by atoms with E-state index in [9.17, 15) is 0 Å². The second-order valence-electron chi connectivity index (χ2n) is 6.99. The monoisotopic (exact) mass is 423 g/mol. The average molecular weight is 424 g/mol. The first-order valence-electron chi connectivity index (χ1n) is 9.48. The van der Waals surface area contributed by atoms with Gasteiger partial charge in [-0.1, -0.05) is 42.0 Å². The molecule has 0 amide bonds. The summed E-state index contributed by atoms with van der Waals surface area (Å²) in [4.78, 5) is 6.74. The molecule has 2 aromatic carbocycles. The molecule has 5 nitrogen and oxygen atoms in total. The Kier molecular flexibility index (Phi) is 5.65. The summed E-state index contributed by atoms with van der Waals surface area (Å²) in [7, 11) is 2.05. The zero-order valence-corrected chi connectivity index (χ0v) is 18.2.